The summed E-state index contributed by atoms with van der Waals surface area (Å²) in [5.74, 6) is -0.839. The molecule has 0 heterocycles. The van der Waals surface area contributed by atoms with Crippen molar-refractivity contribution in [1.29, 1.82) is 0 Å². The Bertz CT molecular complexity index is 1060. The minimum Gasteiger partial charge on any atom is -0.462 e. The fourth-order valence-corrected chi connectivity index (χ4v) is 10.2. The maximum Gasteiger partial charge on any atom is 0.306 e. The van der Waals surface area contributed by atoms with E-state index < -0.39 is 6.10 Å². The Morgan fingerprint density at radius 1 is 0.225 bits per heavy atom. The normalized spacial score (nSPS) is 11.9. The lowest BCUT2D eigenvalue weighted by Crippen LogP contribution is -2.30. The number of unbranched alkanes of at least 4 members (excludes halogenated alkanes) is 50. The van der Waals surface area contributed by atoms with Gasteiger partial charge in [-0.1, -0.05) is 342 Å². The number of hydrogen-bond donors (Lipinski definition) is 0. The summed E-state index contributed by atoms with van der Waals surface area (Å²) < 4.78 is 16.8. The molecule has 0 bridgehead atoms. The van der Waals surface area contributed by atoms with Crippen molar-refractivity contribution in [2.75, 3.05) is 13.2 Å². The van der Waals surface area contributed by atoms with Gasteiger partial charge in [-0.15, -0.1) is 0 Å². The van der Waals surface area contributed by atoms with Gasteiger partial charge >= 0.3 is 17.9 Å². The molecule has 0 aromatic carbocycles. The molecule has 422 valence electrons. The minimum atomic E-state index is -0.760. The molecule has 0 saturated carbocycles. The van der Waals surface area contributed by atoms with Gasteiger partial charge in [0.15, 0.2) is 6.10 Å². The van der Waals surface area contributed by atoms with Crippen molar-refractivity contribution in [3.05, 3.63) is 0 Å². The molecule has 0 aromatic rings. The molecule has 71 heavy (non-hydrogen) atoms. The molecule has 0 amide bonds. The Hall–Kier alpha value is -1.59. The second-order valence-electron chi connectivity index (χ2n) is 22.4. The summed E-state index contributed by atoms with van der Waals surface area (Å²) in [6.07, 6.45) is 70.2. The van der Waals surface area contributed by atoms with E-state index in [0.717, 1.165) is 57.8 Å². The van der Waals surface area contributed by atoms with Gasteiger partial charge in [0.25, 0.3) is 0 Å². The van der Waals surface area contributed by atoms with Crippen molar-refractivity contribution >= 4 is 17.9 Å². The average molecular weight is 1000 g/mol. The van der Waals surface area contributed by atoms with Crippen LogP contribution in [0.5, 0.6) is 0 Å². The van der Waals surface area contributed by atoms with Gasteiger partial charge in [0, 0.05) is 19.3 Å². The van der Waals surface area contributed by atoms with Gasteiger partial charge in [-0.05, 0) is 19.3 Å². The summed E-state index contributed by atoms with van der Waals surface area (Å²) >= 11 is 0. The SMILES string of the molecule is CCCCCCCCCCCCCCCCCCCCCCCCCCCCCCCCC(=O)OCC(COC(=O)CCCCCCCCC)OC(=O)CCCCCCCCCCCCCCCCCC. The van der Waals surface area contributed by atoms with Crippen LogP contribution in [0.3, 0.4) is 0 Å². The lowest BCUT2D eigenvalue weighted by Gasteiger charge is -2.18. The Morgan fingerprint density at radius 3 is 0.563 bits per heavy atom. The van der Waals surface area contributed by atoms with Gasteiger partial charge in [-0.2, -0.15) is 0 Å². The summed E-state index contributed by atoms with van der Waals surface area (Å²) in [5, 5.41) is 0. The number of carbonyl (C=O) groups excluding carboxylic acids is 3. The first-order valence-electron chi connectivity index (χ1n) is 32.5. The summed E-state index contributed by atoms with van der Waals surface area (Å²) in [5.41, 5.74) is 0. The highest BCUT2D eigenvalue weighted by Gasteiger charge is 2.19. The zero-order chi connectivity index (χ0) is 51.4. The monoisotopic (exact) mass is 1000 g/mol. The van der Waals surface area contributed by atoms with E-state index in [1.165, 1.54) is 283 Å². The third-order valence-corrected chi connectivity index (χ3v) is 15.1. The first kappa shape index (κ1) is 69.4. The standard InChI is InChI=1S/C65H126O6/c1-4-7-10-13-16-18-20-22-24-26-27-28-29-30-31-32-33-34-35-36-37-38-39-41-42-44-46-49-52-55-58-64(67)70-61-62(60-69-63(66)57-54-51-48-15-12-9-6-3)71-65(68)59-56-53-50-47-45-43-40-25-23-21-19-17-14-11-8-5-2/h62H,4-61H2,1-3H3. The molecule has 1 unspecified atom stereocenters. The lowest BCUT2D eigenvalue weighted by molar-refractivity contribution is -0.167. The van der Waals surface area contributed by atoms with E-state index in [2.05, 4.69) is 20.8 Å². The molecule has 0 spiro atoms. The highest BCUT2D eigenvalue weighted by atomic mass is 16.6. The van der Waals surface area contributed by atoms with E-state index in [9.17, 15) is 14.4 Å². The molecule has 0 rings (SSSR count). The summed E-state index contributed by atoms with van der Waals surface area (Å²) in [7, 11) is 0. The maximum absolute atomic E-state index is 12.8. The van der Waals surface area contributed by atoms with E-state index in [-0.39, 0.29) is 31.1 Å². The van der Waals surface area contributed by atoms with Crippen molar-refractivity contribution in [2.45, 2.75) is 386 Å². The van der Waals surface area contributed by atoms with Crippen molar-refractivity contribution in [2.24, 2.45) is 0 Å². The van der Waals surface area contributed by atoms with Crippen LogP contribution < -0.4 is 0 Å². The third-order valence-electron chi connectivity index (χ3n) is 15.1. The molecular weight excluding hydrogens is 877 g/mol. The van der Waals surface area contributed by atoms with Crippen LogP contribution in [0.4, 0.5) is 0 Å². The van der Waals surface area contributed by atoms with Crippen molar-refractivity contribution in [3.63, 3.8) is 0 Å². The van der Waals surface area contributed by atoms with E-state index in [4.69, 9.17) is 14.2 Å². The molecule has 0 radical (unpaired) electrons. The van der Waals surface area contributed by atoms with E-state index in [0.29, 0.717) is 19.3 Å². The molecular formula is C65H126O6. The zero-order valence-corrected chi connectivity index (χ0v) is 48.5. The predicted molar refractivity (Wildman–Crippen MR) is 307 cm³/mol. The van der Waals surface area contributed by atoms with E-state index >= 15 is 0 Å². The van der Waals surface area contributed by atoms with Gasteiger partial charge in [-0.25, -0.2) is 0 Å². The topological polar surface area (TPSA) is 78.9 Å². The van der Waals surface area contributed by atoms with Crippen LogP contribution in [0, 0.1) is 0 Å². The molecule has 1 atom stereocenters. The highest BCUT2D eigenvalue weighted by Crippen LogP contribution is 2.19. The Labute approximate surface area is 444 Å². The maximum atomic E-state index is 12.8. The lowest BCUT2D eigenvalue weighted by atomic mass is 10.0. The van der Waals surface area contributed by atoms with Gasteiger partial charge in [0.2, 0.25) is 0 Å². The molecule has 0 aliphatic rings. The second kappa shape index (κ2) is 61.0. The molecule has 0 aliphatic heterocycles. The third kappa shape index (κ3) is 59.2. The Balaban J connectivity index is 3.95. The Morgan fingerprint density at radius 2 is 0.380 bits per heavy atom. The van der Waals surface area contributed by atoms with Crippen LogP contribution in [0.15, 0.2) is 0 Å². The number of hydrogen-bond acceptors (Lipinski definition) is 6. The average Bonchev–Trinajstić information content (AvgIpc) is 3.37. The smallest absolute Gasteiger partial charge is 0.306 e. The molecule has 0 saturated heterocycles. The predicted octanol–water partition coefficient (Wildman–Crippen LogP) is 21.9. The second-order valence-corrected chi connectivity index (χ2v) is 22.4. The van der Waals surface area contributed by atoms with Crippen molar-refractivity contribution in [1.82, 2.24) is 0 Å². The van der Waals surface area contributed by atoms with Crippen LogP contribution in [0.2, 0.25) is 0 Å². The van der Waals surface area contributed by atoms with Crippen LogP contribution in [-0.2, 0) is 28.6 Å². The number of ether oxygens (including phenoxy) is 3. The molecule has 6 heteroatoms. The minimum absolute atomic E-state index is 0.0617. The molecule has 0 aliphatic carbocycles. The van der Waals surface area contributed by atoms with Gasteiger partial charge < -0.3 is 14.2 Å². The summed E-state index contributed by atoms with van der Waals surface area (Å²) in [6.45, 7) is 6.67. The first-order valence-corrected chi connectivity index (χ1v) is 32.5. The fraction of sp³-hybridized carbons (Fsp3) is 0.954. The fourth-order valence-electron chi connectivity index (χ4n) is 10.2. The van der Waals surface area contributed by atoms with Crippen LogP contribution in [-0.4, -0.2) is 37.2 Å². The van der Waals surface area contributed by atoms with E-state index in [1.807, 2.05) is 0 Å². The summed E-state index contributed by atoms with van der Waals surface area (Å²) in [4.78, 5) is 38.0. The largest absolute Gasteiger partial charge is 0.462 e. The van der Waals surface area contributed by atoms with Gasteiger partial charge in [0.05, 0.1) is 0 Å². The summed E-state index contributed by atoms with van der Waals surface area (Å²) in [6, 6.07) is 0. The van der Waals surface area contributed by atoms with Crippen molar-refractivity contribution < 1.29 is 28.6 Å². The zero-order valence-electron chi connectivity index (χ0n) is 48.5. The number of esters is 3. The van der Waals surface area contributed by atoms with Gasteiger partial charge in [-0.3, -0.25) is 14.4 Å². The molecule has 0 N–H and O–H groups in total. The quantitative estimate of drug-likeness (QED) is 0.0343. The van der Waals surface area contributed by atoms with Crippen LogP contribution in [0.1, 0.15) is 380 Å². The van der Waals surface area contributed by atoms with Gasteiger partial charge in [0.1, 0.15) is 13.2 Å². The Kier molecular flexibility index (Phi) is 59.6. The number of rotatable bonds is 61. The molecule has 0 fully saturated rings. The molecule has 0 aromatic heterocycles. The van der Waals surface area contributed by atoms with Crippen LogP contribution >= 0.6 is 0 Å². The highest BCUT2D eigenvalue weighted by molar-refractivity contribution is 5.71. The molecule has 6 nitrogen and oxygen atoms in total. The van der Waals surface area contributed by atoms with E-state index in [1.54, 1.807) is 0 Å². The van der Waals surface area contributed by atoms with Crippen molar-refractivity contribution in [3.8, 4) is 0 Å². The van der Waals surface area contributed by atoms with Crippen LogP contribution in [0.25, 0.3) is 0 Å². The number of carbonyl (C=O) groups is 3. The first-order chi connectivity index (χ1) is 35.0.